The van der Waals surface area contributed by atoms with Crippen LogP contribution in [-0.2, 0) is 12.1 Å². The minimum atomic E-state index is -0.837. The van der Waals surface area contributed by atoms with Gasteiger partial charge in [0.15, 0.2) is 0 Å². The fourth-order valence-electron chi connectivity index (χ4n) is 2.42. The number of rotatable bonds is 4. The Morgan fingerprint density at radius 1 is 1.05 bits per heavy atom. The van der Waals surface area contributed by atoms with Gasteiger partial charge in [-0.3, -0.25) is 4.68 Å². The minimum Gasteiger partial charge on any atom is -0.394 e. The zero-order valence-electron chi connectivity index (χ0n) is 11.1. The van der Waals surface area contributed by atoms with Crippen LogP contribution in [0.4, 0.5) is 0 Å². The van der Waals surface area contributed by atoms with Crippen molar-refractivity contribution in [2.45, 2.75) is 12.1 Å². The molecule has 0 aliphatic heterocycles. The molecule has 0 radical (unpaired) electrons. The van der Waals surface area contributed by atoms with E-state index in [9.17, 15) is 5.11 Å². The molecule has 1 unspecified atom stereocenters. The molecule has 3 aromatic rings. The van der Waals surface area contributed by atoms with Crippen molar-refractivity contribution in [3.63, 3.8) is 0 Å². The van der Waals surface area contributed by atoms with Gasteiger partial charge < -0.3 is 10.8 Å². The zero-order valence-corrected chi connectivity index (χ0v) is 11.1. The normalized spacial score (nSPS) is 14.3. The van der Waals surface area contributed by atoms with Gasteiger partial charge in [-0.15, -0.1) is 0 Å². The summed E-state index contributed by atoms with van der Waals surface area (Å²) in [6.07, 6.45) is 1.82. The molecule has 102 valence electrons. The SMILES string of the molecule is NC(CO)(Cn1ncc2ccccc21)c1ccccc1. The molecule has 1 atom stereocenters. The number of fused-ring (bicyclic) bond motifs is 1. The van der Waals surface area contributed by atoms with Crippen molar-refractivity contribution in [2.75, 3.05) is 6.61 Å². The summed E-state index contributed by atoms with van der Waals surface area (Å²) >= 11 is 0. The van der Waals surface area contributed by atoms with Gasteiger partial charge in [-0.1, -0.05) is 48.5 Å². The van der Waals surface area contributed by atoms with Crippen LogP contribution >= 0.6 is 0 Å². The largest absolute Gasteiger partial charge is 0.394 e. The maximum Gasteiger partial charge on any atom is 0.0843 e. The van der Waals surface area contributed by atoms with E-state index < -0.39 is 5.54 Å². The first kappa shape index (κ1) is 12.8. The minimum absolute atomic E-state index is 0.134. The Morgan fingerprint density at radius 2 is 1.75 bits per heavy atom. The van der Waals surface area contributed by atoms with Crippen LogP contribution in [0.3, 0.4) is 0 Å². The van der Waals surface area contributed by atoms with E-state index >= 15 is 0 Å². The zero-order chi connectivity index (χ0) is 14.0. The lowest BCUT2D eigenvalue weighted by Crippen LogP contribution is -2.44. The number of hydrogen-bond donors (Lipinski definition) is 2. The molecule has 1 heterocycles. The molecule has 4 heteroatoms. The maximum absolute atomic E-state index is 9.74. The Hall–Kier alpha value is -2.17. The first-order valence-electron chi connectivity index (χ1n) is 6.59. The van der Waals surface area contributed by atoms with Crippen molar-refractivity contribution in [3.8, 4) is 0 Å². The third-order valence-electron chi connectivity index (χ3n) is 3.61. The van der Waals surface area contributed by atoms with Crippen molar-refractivity contribution in [1.82, 2.24) is 9.78 Å². The quantitative estimate of drug-likeness (QED) is 0.758. The van der Waals surface area contributed by atoms with E-state index in [0.29, 0.717) is 6.54 Å². The van der Waals surface area contributed by atoms with Gasteiger partial charge >= 0.3 is 0 Å². The van der Waals surface area contributed by atoms with E-state index in [1.807, 2.05) is 65.5 Å². The highest BCUT2D eigenvalue weighted by molar-refractivity contribution is 5.78. The summed E-state index contributed by atoms with van der Waals surface area (Å²) in [4.78, 5) is 0. The summed E-state index contributed by atoms with van der Waals surface area (Å²) in [5.74, 6) is 0. The Morgan fingerprint density at radius 3 is 2.50 bits per heavy atom. The smallest absolute Gasteiger partial charge is 0.0843 e. The van der Waals surface area contributed by atoms with E-state index in [1.54, 1.807) is 0 Å². The topological polar surface area (TPSA) is 64.1 Å². The standard InChI is InChI=1S/C16H17N3O/c17-16(12-20,14-7-2-1-3-8-14)11-19-15-9-5-4-6-13(15)10-18-19/h1-10,20H,11-12,17H2. The summed E-state index contributed by atoms with van der Waals surface area (Å²) in [6.45, 7) is 0.298. The second-order valence-electron chi connectivity index (χ2n) is 5.04. The van der Waals surface area contributed by atoms with Crippen LogP contribution in [0.2, 0.25) is 0 Å². The van der Waals surface area contributed by atoms with Crippen LogP contribution in [0.15, 0.2) is 60.8 Å². The predicted molar refractivity (Wildman–Crippen MR) is 79.1 cm³/mol. The first-order chi connectivity index (χ1) is 9.73. The van der Waals surface area contributed by atoms with Crippen LogP contribution in [0, 0.1) is 0 Å². The second-order valence-corrected chi connectivity index (χ2v) is 5.04. The molecule has 0 amide bonds. The number of aliphatic hydroxyl groups excluding tert-OH is 1. The van der Waals surface area contributed by atoms with Crippen molar-refractivity contribution >= 4 is 10.9 Å². The van der Waals surface area contributed by atoms with Gasteiger partial charge in [-0.25, -0.2) is 0 Å². The highest BCUT2D eigenvalue weighted by Gasteiger charge is 2.28. The molecule has 3 N–H and O–H groups in total. The molecule has 20 heavy (non-hydrogen) atoms. The molecule has 1 aromatic heterocycles. The molecule has 3 rings (SSSR count). The fraction of sp³-hybridized carbons (Fsp3) is 0.188. The van der Waals surface area contributed by atoms with Gasteiger partial charge in [0.2, 0.25) is 0 Å². The fourth-order valence-corrected chi connectivity index (χ4v) is 2.42. The van der Waals surface area contributed by atoms with Crippen LogP contribution in [-0.4, -0.2) is 21.5 Å². The van der Waals surface area contributed by atoms with Gasteiger partial charge in [-0.2, -0.15) is 5.10 Å². The van der Waals surface area contributed by atoms with Gasteiger partial charge in [0, 0.05) is 5.39 Å². The highest BCUT2D eigenvalue weighted by atomic mass is 16.3. The Labute approximate surface area is 117 Å². The summed E-state index contributed by atoms with van der Waals surface area (Å²) in [7, 11) is 0. The van der Waals surface area contributed by atoms with Crippen molar-refractivity contribution < 1.29 is 5.11 Å². The molecule has 0 saturated heterocycles. The lowest BCUT2D eigenvalue weighted by atomic mass is 9.92. The Balaban J connectivity index is 1.99. The molecule has 0 fully saturated rings. The number of nitrogens with two attached hydrogens (primary N) is 1. The highest BCUT2D eigenvalue weighted by Crippen LogP contribution is 2.22. The molecular weight excluding hydrogens is 250 g/mol. The summed E-state index contributed by atoms with van der Waals surface area (Å²) in [6, 6.07) is 17.6. The Kier molecular flexibility index (Phi) is 3.26. The van der Waals surface area contributed by atoms with Gasteiger partial charge in [0.1, 0.15) is 0 Å². The number of para-hydroxylation sites is 1. The van der Waals surface area contributed by atoms with Crippen LogP contribution < -0.4 is 5.73 Å². The number of aliphatic hydroxyl groups is 1. The summed E-state index contributed by atoms with van der Waals surface area (Å²) < 4.78 is 1.85. The molecule has 0 saturated carbocycles. The van der Waals surface area contributed by atoms with Crippen LogP contribution in [0.25, 0.3) is 10.9 Å². The molecule has 0 aliphatic carbocycles. The number of hydrogen-bond acceptors (Lipinski definition) is 3. The van der Waals surface area contributed by atoms with E-state index in [2.05, 4.69) is 5.10 Å². The second kappa shape index (κ2) is 5.07. The molecule has 2 aromatic carbocycles. The van der Waals surface area contributed by atoms with Gasteiger partial charge in [-0.05, 0) is 11.6 Å². The number of aromatic nitrogens is 2. The maximum atomic E-state index is 9.74. The van der Waals surface area contributed by atoms with Crippen molar-refractivity contribution in [2.24, 2.45) is 5.73 Å². The van der Waals surface area contributed by atoms with Crippen LogP contribution in [0.5, 0.6) is 0 Å². The van der Waals surface area contributed by atoms with Crippen molar-refractivity contribution in [3.05, 3.63) is 66.4 Å². The molecule has 0 bridgehead atoms. The molecule has 0 aliphatic rings. The predicted octanol–water partition coefficient (Wildman–Crippen LogP) is 1.88. The molecule has 0 spiro atoms. The van der Waals surface area contributed by atoms with Crippen molar-refractivity contribution in [1.29, 1.82) is 0 Å². The third kappa shape index (κ3) is 2.19. The summed E-state index contributed by atoms with van der Waals surface area (Å²) in [5.41, 5.74) is 7.48. The van der Waals surface area contributed by atoms with E-state index in [1.165, 1.54) is 0 Å². The van der Waals surface area contributed by atoms with Gasteiger partial charge in [0.25, 0.3) is 0 Å². The van der Waals surface area contributed by atoms with Crippen LogP contribution in [0.1, 0.15) is 5.56 Å². The van der Waals surface area contributed by atoms with E-state index in [-0.39, 0.29) is 6.61 Å². The average Bonchev–Trinajstić information content (AvgIpc) is 2.91. The van der Waals surface area contributed by atoms with E-state index in [4.69, 9.17) is 5.73 Å². The third-order valence-corrected chi connectivity index (χ3v) is 3.61. The molecule has 4 nitrogen and oxygen atoms in total. The Bertz CT molecular complexity index is 708. The van der Waals surface area contributed by atoms with E-state index in [0.717, 1.165) is 16.5 Å². The molecular formula is C16H17N3O. The first-order valence-corrected chi connectivity index (χ1v) is 6.59. The lowest BCUT2D eigenvalue weighted by Gasteiger charge is -2.28. The monoisotopic (exact) mass is 267 g/mol. The number of benzene rings is 2. The average molecular weight is 267 g/mol. The summed E-state index contributed by atoms with van der Waals surface area (Å²) in [5, 5.41) is 15.2. The lowest BCUT2D eigenvalue weighted by molar-refractivity contribution is 0.176. The number of nitrogens with zero attached hydrogens (tertiary/aromatic N) is 2. The van der Waals surface area contributed by atoms with Gasteiger partial charge in [0.05, 0.1) is 30.4 Å².